The van der Waals surface area contributed by atoms with E-state index in [1.807, 2.05) is 61.5 Å². The third-order valence-electron chi connectivity index (χ3n) is 4.32. The molecular formula is C21H20N4O3S. The SMILES string of the molecule is Cc1ccccc1NC(=O)CSc1ccc(NCc2ccc3c(c2)OCO3)nn1. The third kappa shape index (κ3) is 4.97. The van der Waals surface area contributed by atoms with Gasteiger partial charge in [-0.25, -0.2) is 0 Å². The summed E-state index contributed by atoms with van der Waals surface area (Å²) in [5.41, 5.74) is 2.91. The number of thioether (sulfide) groups is 1. The molecule has 0 saturated heterocycles. The molecule has 1 aliphatic heterocycles. The second-order valence-electron chi connectivity index (χ2n) is 6.45. The molecule has 0 atom stereocenters. The zero-order valence-electron chi connectivity index (χ0n) is 15.8. The number of aryl methyl sites for hydroxylation is 1. The van der Waals surface area contributed by atoms with Crippen LogP contribution in [-0.4, -0.2) is 28.7 Å². The van der Waals surface area contributed by atoms with E-state index in [0.29, 0.717) is 17.4 Å². The Morgan fingerprint density at radius 1 is 1.07 bits per heavy atom. The highest BCUT2D eigenvalue weighted by Crippen LogP contribution is 2.32. The lowest BCUT2D eigenvalue weighted by Gasteiger charge is -2.08. The first-order chi connectivity index (χ1) is 14.2. The van der Waals surface area contributed by atoms with Gasteiger partial charge in [0.15, 0.2) is 11.5 Å². The fourth-order valence-electron chi connectivity index (χ4n) is 2.77. The lowest BCUT2D eigenvalue weighted by atomic mass is 10.2. The Kier molecular flexibility index (Phi) is 5.81. The Balaban J connectivity index is 1.26. The van der Waals surface area contributed by atoms with Crippen molar-refractivity contribution in [2.24, 2.45) is 0 Å². The predicted octanol–water partition coefficient (Wildman–Crippen LogP) is 3.86. The van der Waals surface area contributed by atoms with Crippen molar-refractivity contribution >= 4 is 29.2 Å². The number of ether oxygens (including phenoxy) is 2. The minimum atomic E-state index is -0.0730. The summed E-state index contributed by atoms with van der Waals surface area (Å²) >= 11 is 1.35. The molecule has 4 rings (SSSR count). The highest BCUT2D eigenvalue weighted by molar-refractivity contribution is 7.99. The molecule has 7 nitrogen and oxygen atoms in total. The van der Waals surface area contributed by atoms with Crippen LogP contribution < -0.4 is 20.1 Å². The largest absolute Gasteiger partial charge is 0.454 e. The van der Waals surface area contributed by atoms with Crippen molar-refractivity contribution in [3.8, 4) is 11.5 Å². The standard InChI is InChI=1S/C21H20N4O3S/c1-14-4-2-3-5-16(14)23-20(26)12-29-21-9-8-19(24-25-21)22-11-15-6-7-17-18(10-15)28-13-27-17/h2-10H,11-13H2,1H3,(H,22,24)(H,23,26). The summed E-state index contributed by atoms with van der Waals surface area (Å²) in [6.45, 7) is 2.82. The van der Waals surface area contributed by atoms with Gasteiger partial charge in [-0.2, -0.15) is 0 Å². The molecule has 0 aliphatic carbocycles. The molecule has 0 spiro atoms. The van der Waals surface area contributed by atoms with E-state index in [2.05, 4.69) is 20.8 Å². The van der Waals surface area contributed by atoms with Gasteiger partial charge in [-0.15, -0.1) is 10.2 Å². The monoisotopic (exact) mass is 408 g/mol. The number of hydrogen-bond donors (Lipinski definition) is 2. The second kappa shape index (κ2) is 8.83. The maximum atomic E-state index is 12.1. The molecule has 0 unspecified atom stereocenters. The summed E-state index contributed by atoms with van der Waals surface area (Å²) in [6.07, 6.45) is 0. The normalized spacial score (nSPS) is 11.9. The number of fused-ring (bicyclic) bond motifs is 1. The fourth-order valence-corrected chi connectivity index (χ4v) is 3.39. The minimum Gasteiger partial charge on any atom is -0.454 e. The first kappa shape index (κ1) is 19.1. The summed E-state index contributed by atoms with van der Waals surface area (Å²) in [5, 5.41) is 15.2. The molecule has 1 aromatic heterocycles. The van der Waals surface area contributed by atoms with Crippen molar-refractivity contribution in [3.63, 3.8) is 0 Å². The quantitative estimate of drug-likeness (QED) is 0.574. The number of amides is 1. The fraction of sp³-hybridized carbons (Fsp3) is 0.190. The van der Waals surface area contributed by atoms with Gasteiger partial charge in [-0.3, -0.25) is 4.79 Å². The molecule has 3 aromatic rings. The highest BCUT2D eigenvalue weighted by atomic mass is 32.2. The number of aromatic nitrogens is 2. The van der Waals surface area contributed by atoms with E-state index in [4.69, 9.17) is 9.47 Å². The van der Waals surface area contributed by atoms with Crippen LogP contribution in [-0.2, 0) is 11.3 Å². The summed E-state index contributed by atoms with van der Waals surface area (Å²) in [7, 11) is 0. The van der Waals surface area contributed by atoms with Crippen LogP contribution in [0.1, 0.15) is 11.1 Å². The number of carbonyl (C=O) groups is 1. The van der Waals surface area contributed by atoms with Gasteiger partial charge in [0, 0.05) is 12.2 Å². The number of nitrogens with zero attached hydrogens (tertiary/aromatic N) is 2. The average molecular weight is 408 g/mol. The van der Waals surface area contributed by atoms with Gasteiger partial charge in [-0.1, -0.05) is 36.0 Å². The third-order valence-corrected chi connectivity index (χ3v) is 5.24. The number of para-hydroxylation sites is 1. The number of hydrogen-bond acceptors (Lipinski definition) is 7. The van der Waals surface area contributed by atoms with Gasteiger partial charge in [0.25, 0.3) is 0 Å². The molecule has 0 saturated carbocycles. The Bertz CT molecular complexity index is 1010. The van der Waals surface area contributed by atoms with Crippen LogP contribution in [0.25, 0.3) is 0 Å². The summed E-state index contributed by atoms with van der Waals surface area (Å²) in [6, 6.07) is 17.2. The highest BCUT2D eigenvalue weighted by Gasteiger charge is 2.13. The van der Waals surface area contributed by atoms with Crippen molar-refractivity contribution in [2.75, 3.05) is 23.2 Å². The molecule has 29 heavy (non-hydrogen) atoms. The number of nitrogens with one attached hydrogen (secondary N) is 2. The lowest BCUT2D eigenvalue weighted by Crippen LogP contribution is -2.14. The van der Waals surface area contributed by atoms with E-state index in [9.17, 15) is 4.79 Å². The number of rotatable bonds is 7. The molecule has 2 heterocycles. The van der Waals surface area contributed by atoms with Crippen molar-refractivity contribution in [2.45, 2.75) is 18.5 Å². The van der Waals surface area contributed by atoms with Crippen molar-refractivity contribution < 1.29 is 14.3 Å². The molecule has 0 radical (unpaired) electrons. The van der Waals surface area contributed by atoms with E-state index in [1.54, 1.807) is 0 Å². The van der Waals surface area contributed by atoms with E-state index in [-0.39, 0.29) is 18.5 Å². The lowest BCUT2D eigenvalue weighted by molar-refractivity contribution is -0.113. The summed E-state index contributed by atoms with van der Waals surface area (Å²) in [5.74, 6) is 2.38. The number of anilines is 2. The Hall–Kier alpha value is -3.26. The van der Waals surface area contributed by atoms with E-state index >= 15 is 0 Å². The van der Waals surface area contributed by atoms with Crippen LogP contribution in [0.4, 0.5) is 11.5 Å². The maximum absolute atomic E-state index is 12.1. The van der Waals surface area contributed by atoms with E-state index < -0.39 is 0 Å². The van der Waals surface area contributed by atoms with Crippen LogP contribution in [0, 0.1) is 6.92 Å². The molecule has 0 fully saturated rings. The van der Waals surface area contributed by atoms with E-state index in [0.717, 1.165) is 28.3 Å². The summed E-state index contributed by atoms with van der Waals surface area (Å²) < 4.78 is 10.7. The average Bonchev–Trinajstić information content (AvgIpc) is 3.21. The molecule has 0 bridgehead atoms. The van der Waals surface area contributed by atoms with Crippen molar-refractivity contribution in [3.05, 3.63) is 65.7 Å². The van der Waals surface area contributed by atoms with Crippen LogP contribution in [0.5, 0.6) is 11.5 Å². The minimum absolute atomic E-state index is 0.0730. The zero-order chi connectivity index (χ0) is 20.1. The first-order valence-corrected chi connectivity index (χ1v) is 10.1. The molecule has 148 valence electrons. The topological polar surface area (TPSA) is 85.4 Å². The van der Waals surface area contributed by atoms with Crippen LogP contribution in [0.3, 0.4) is 0 Å². The molecule has 2 N–H and O–H groups in total. The first-order valence-electron chi connectivity index (χ1n) is 9.12. The maximum Gasteiger partial charge on any atom is 0.234 e. The molecule has 1 aliphatic rings. The van der Waals surface area contributed by atoms with E-state index in [1.165, 1.54) is 11.8 Å². The van der Waals surface area contributed by atoms with Gasteiger partial charge >= 0.3 is 0 Å². The van der Waals surface area contributed by atoms with Gasteiger partial charge in [0.2, 0.25) is 12.7 Å². The van der Waals surface area contributed by atoms with Crippen LogP contribution in [0.2, 0.25) is 0 Å². The van der Waals surface area contributed by atoms with Crippen LogP contribution >= 0.6 is 11.8 Å². The number of carbonyl (C=O) groups excluding carboxylic acids is 1. The Morgan fingerprint density at radius 3 is 2.76 bits per heavy atom. The Labute approximate surface area is 172 Å². The predicted molar refractivity (Wildman–Crippen MR) is 112 cm³/mol. The molecule has 1 amide bonds. The Morgan fingerprint density at radius 2 is 1.93 bits per heavy atom. The molecule has 8 heteroatoms. The van der Waals surface area contributed by atoms with Gasteiger partial charge < -0.3 is 20.1 Å². The van der Waals surface area contributed by atoms with Gasteiger partial charge in [-0.05, 0) is 48.4 Å². The zero-order valence-corrected chi connectivity index (χ0v) is 16.7. The van der Waals surface area contributed by atoms with Crippen molar-refractivity contribution in [1.82, 2.24) is 10.2 Å². The van der Waals surface area contributed by atoms with Crippen molar-refractivity contribution in [1.29, 1.82) is 0 Å². The van der Waals surface area contributed by atoms with Crippen LogP contribution in [0.15, 0.2) is 59.6 Å². The van der Waals surface area contributed by atoms with Gasteiger partial charge in [0.05, 0.1) is 5.75 Å². The smallest absolute Gasteiger partial charge is 0.234 e. The van der Waals surface area contributed by atoms with Gasteiger partial charge in [0.1, 0.15) is 10.8 Å². The number of benzene rings is 2. The summed E-state index contributed by atoms with van der Waals surface area (Å²) in [4.78, 5) is 12.1. The molecule has 2 aromatic carbocycles. The second-order valence-corrected chi connectivity index (χ2v) is 7.45. The molecular weight excluding hydrogens is 388 g/mol.